The number of hydrogen-bond donors (Lipinski definition) is 2. The van der Waals surface area contributed by atoms with Crippen LogP contribution in [0.2, 0.25) is 0 Å². The normalized spacial score (nSPS) is 12.4. The summed E-state index contributed by atoms with van der Waals surface area (Å²) in [6.07, 6.45) is 0. The molecule has 1 amide bonds. The third-order valence-electron chi connectivity index (χ3n) is 2.77. The van der Waals surface area contributed by atoms with Crippen LogP contribution in [0.1, 0.15) is 12.5 Å². The second-order valence-electron chi connectivity index (χ2n) is 4.80. The van der Waals surface area contributed by atoms with Gasteiger partial charge in [0.2, 0.25) is 5.91 Å². The van der Waals surface area contributed by atoms with Gasteiger partial charge in [0.15, 0.2) is 0 Å². The van der Waals surface area contributed by atoms with Crippen molar-refractivity contribution in [1.82, 2.24) is 10.2 Å². The average Bonchev–Trinajstić information content (AvgIpc) is 2.37. The lowest BCUT2D eigenvalue weighted by Crippen LogP contribution is -2.38. The molecule has 0 aliphatic heterocycles. The SMILES string of the molecule is C[C@@H](NCc1ccc(OCCN(C)C)cc1)C(N)=O. The molecule has 1 aromatic rings. The second-order valence-corrected chi connectivity index (χ2v) is 4.80. The van der Waals surface area contributed by atoms with Gasteiger partial charge in [0.1, 0.15) is 12.4 Å². The zero-order valence-electron chi connectivity index (χ0n) is 11.8. The van der Waals surface area contributed by atoms with Crippen molar-refractivity contribution in [3.8, 4) is 5.75 Å². The Kier molecular flexibility index (Phi) is 6.32. The molecule has 0 heterocycles. The highest BCUT2D eigenvalue weighted by Crippen LogP contribution is 2.12. The van der Waals surface area contributed by atoms with Crippen LogP contribution in [-0.2, 0) is 11.3 Å². The number of carbonyl (C=O) groups is 1. The van der Waals surface area contributed by atoms with Gasteiger partial charge in [-0.15, -0.1) is 0 Å². The summed E-state index contributed by atoms with van der Waals surface area (Å²) in [5.41, 5.74) is 6.27. The van der Waals surface area contributed by atoms with E-state index < -0.39 is 0 Å². The number of benzene rings is 1. The van der Waals surface area contributed by atoms with E-state index in [4.69, 9.17) is 10.5 Å². The molecule has 0 spiro atoms. The molecule has 0 radical (unpaired) electrons. The van der Waals surface area contributed by atoms with Gasteiger partial charge in [-0.1, -0.05) is 12.1 Å². The largest absolute Gasteiger partial charge is 0.492 e. The van der Waals surface area contributed by atoms with Crippen molar-refractivity contribution in [3.05, 3.63) is 29.8 Å². The smallest absolute Gasteiger partial charge is 0.234 e. The summed E-state index contributed by atoms with van der Waals surface area (Å²) in [6.45, 7) is 3.92. The van der Waals surface area contributed by atoms with Crippen LogP contribution in [-0.4, -0.2) is 44.1 Å². The number of likely N-dealkylation sites (N-methyl/N-ethyl adjacent to an activating group) is 1. The Morgan fingerprint density at radius 2 is 2.00 bits per heavy atom. The highest BCUT2D eigenvalue weighted by molar-refractivity contribution is 5.79. The second kappa shape index (κ2) is 7.76. The molecule has 1 atom stereocenters. The molecule has 19 heavy (non-hydrogen) atoms. The van der Waals surface area contributed by atoms with Crippen molar-refractivity contribution in [2.45, 2.75) is 19.5 Å². The molecule has 0 saturated heterocycles. The summed E-state index contributed by atoms with van der Waals surface area (Å²) in [7, 11) is 4.02. The Bertz CT molecular complexity index is 390. The number of rotatable bonds is 8. The van der Waals surface area contributed by atoms with Gasteiger partial charge in [0.05, 0.1) is 6.04 Å². The van der Waals surface area contributed by atoms with Crippen LogP contribution in [0, 0.1) is 0 Å². The van der Waals surface area contributed by atoms with Crippen LogP contribution in [0.15, 0.2) is 24.3 Å². The first-order chi connectivity index (χ1) is 8.99. The summed E-state index contributed by atoms with van der Waals surface area (Å²) < 4.78 is 5.60. The van der Waals surface area contributed by atoms with Gasteiger partial charge in [-0.3, -0.25) is 4.79 Å². The first-order valence-corrected chi connectivity index (χ1v) is 6.38. The molecule has 0 saturated carbocycles. The lowest BCUT2D eigenvalue weighted by Gasteiger charge is -2.12. The quantitative estimate of drug-likeness (QED) is 0.722. The summed E-state index contributed by atoms with van der Waals surface area (Å²) in [5, 5.41) is 3.05. The van der Waals surface area contributed by atoms with Crippen LogP contribution in [0.25, 0.3) is 0 Å². The molecule has 1 aromatic carbocycles. The monoisotopic (exact) mass is 265 g/mol. The fourth-order valence-corrected chi connectivity index (χ4v) is 1.42. The molecule has 0 aliphatic carbocycles. The van der Waals surface area contributed by atoms with Crippen molar-refractivity contribution in [2.75, 3.05) is 27.2 Å². The molecule has 0 aromatic heterocycles. The molecule has 3 N–H and O–H groups in total. The zero-order valence-corrected chi connectivity index (χ0v) is 11.8. The molecular formula is C14H23N3O2. The van der Waals surface area contributed by atoms with Crippen LogP contribution in [0.5, 0.6) is 5.75 Å². The summed E-state index contributed by atoms with van der Waals surface area (Å²) >= 11 is 0. The zero-order chi connectivity index (χ0) is 14.3. The number of nitrogens with one attached hydrogen (secondary N) is 1. The highest BCUT2D eigenvalue weighted by Gasteiger charge is 2.06. The maximum atomic E-state index is 10.9. The van der Waals surface area contributed by atoms with E-state index in [-0.39, 0.29) is 11.9 Å². The van der Waals surface area contributed by atoms with E-state index in [1.54, 1.807) is 6.92 Å². The van der Waals surface area contributed by atoms with Gasteiger partial charge >= 0.3 is 0 Å². The minimum atomic E-state index is -0.344. The number of nitrogens with zero attached hydrogens (tertiary/aromatic N) is 1. The van der Waals surface area contributed by atoms with Gasteiger partial charge < -0.3 is 20.7 Å². The van der Waals surface area contributed by atoms with E-state index >= 15 is 0 Å². The summed E-state index contributed by atoms with van der Waals surface area (Å²) in [5.74, 6) is 0.511. The van der Waals surface area contributed by atoms with Gasteiger partial charge in [0, 0.05) is 13.1 Å². The average molecular weight is 265 g/mol. The molecular weight excluding hydrogens is 242 g/mol. The number of amides is 1. The van der Waals surface area contributed by atoms with Crippen LogP contribution >= 0.6 is 0 Å². The van der Waals surface area contributed by atoms with E-state index in [9.17, 15) is 4.79 Å². The number of primary amides is 1. The predicted molar refractivity (Wildman–Crippen MR) is 76.0 cm³/mol. The fourth-order valence-electron chi connectivity index (χ4n) is 1.42. The Morgan fingerprint density at radius 1 is 1.37 bits per heavy atom. The number of nitrogens with two attached hydrogens (primary N) is 1. The van der Waals surface area contributed by atoms with Crippen molar-refractivity contribution in [3.63, 3.8) is 0 Å². The molecule has 0 aliphatic rings. The van der Waals surface area contributed by atoms with E-state index in [1.807, 2.05) is 38.4 Å². The maximum absolute atomic E-state index is 10.9. The summed E-state index contributed by atoms with van der Waals surface area (Å²) in [6, 6.07) is 7.50. The van der Waals surface area contributed by atoms with Gasteiger partial charge in [-0.25, -0.2) is 0 Å². The third-order valence-corrected chi connectivity index (χ3v) is 2.77. The molecule has 0 bridgehead atoms. The van der Waals surface area contributed by atoms with Crippen molar-refractivity contribution < 1.29 is 9.53 Å². The lowest BCUT2D eigenvalue weighted by molar-refractivity contribution is -0.119. The van der Waals surface area contributed by atoms with Crippen LogP contribution in [0.3, 0.4) is 0 Å². The summed E-state index contributed by atoms with van der Waals surface area (Å²) in [4.78, 5) is 13.0. The minimum Gasteiger partial charge on any atom is -0.492 e. The van der Waals surface area contributed by atoms with Crippen LogP contribution < -0.4 is 15.8 Å². The fraction of sp³-hybridized carbons (Fsp3) is 0.500. The molecule has 106 valence electrons. The maximum Gasteiger partial charge on any atom is 0.234 e. The first-order valence-electron chi connectivity index (χ1n) is 6.38. The first kappa shape index (κ1) is 15.5. The topological polar surface area (TPSA) is 67.6 Å². The lowest BCUT2D eigenvalue weighted by atomic mass is 10.2. The van der Waals surface area contributed by atoms with E-state index in [1.165, 1.54) is 0 Å². The molecule has 5 heteroatoms. The van der Waals surface area contributed by atoms with Gasteiger partial charge in [0.25, 0.3) is 0 Å². The third kappa shape index (κ3) is 6.22. The van der Waals surface area contributed by atoms with Crippen molar-refractivity contribution in [1.29, 1.82) is 0 Å². The van der Waals surface area contributed by atoms with E-state index in [0.29, 0.717) is 13.2 Å². The minimum absolute atomic E-state index is 0.323. The Hall–Kier alpha value is -1.59. The predicted octanol–water partition coefficient (Wildman–Crippen LogP) is 0.590. The highest BCUT2D eigenvalue weighted by atomic mass is 16.5. The van der Waals surface area contributed by atoms with E-state index in [0.717, 1.165) is 17.9 Å². The standard InChI is InChI=1S/C14H23N3O2/c1-11(14(15)18)16-10-12-4-6-13(7-5-12)19-9-8-17(2)3/h4-7,11,16H,8-10H2,1-3H3,(H2,15,18)/t11-/m1/s1. The Labute approximate surface area is 114 Å². The Balaban J connectivity index is 2.37. The van der Waals surface area contributed by atoms with Crippen molar-refractivity contribution in [2.24, 2.45) is 5.73 Å². The molecule has 1 rings (SSSR count). The van der Waals surface area contributed by atoms with Crippen LogP contribution in [0.4, 0.5) is 0 Å². The molecule has 0 unspecified atom stereocenters. The van der Waals surface area contributed by atoms with Gasteiger partial charge in [-0.05, 0) is 38.7 Å². The molecule has 5 nitrogen and oxygen atoms in total. The molecule has 0 fully saturated rings. The number of hydrogen-bond acceptors (Lipinski definition) is 4. The number of carbonyl (C=O) groups excluding carboxylic acids is 1. The number of ether oxygens (including phenoxy) is 1. The van der Waals surface area contributed by atoms with E-state index in [2.05, 4.69) is 10.2 Å². The Morgan fingerprint density at radius 3 is 2.53 bits per heavy atom. The van der Waals surface area contributed by atoms with Crippen molar-refractivity contribution >= 4 is 5.91 Å². The van der Waals surface area contributed by atoms with Gasteiger partial charge in [-0.2, -0.15) is 0 Å².